The topological polar surface area (TPSA) is 50.8 Å². The molecular weight excluding hydrogens is 411 g/mol. The molecule has 170 valence electrons. The molecule has 0 radical (unpaired) electrons. The number of nitrogens with zero attached hydrogens (tertiary/aromatic N) is 1. The van der Waals surface area contributed by atoms with Gasteiger partial charge < -0.3 is 14.8 Å². The van der Waals surface area contributed by atoms with Gasteiger partial charge in [0, 0.05) is 25.2 Å². The fraction of sp³-hybridized carbons (Fsp3) is 0.650. The van der Waals surface area contributed by atoms with Crippen LogP contribution in [-0.2, 0) is 4.79 Å². The van der Waals surface area contributed by atoms with Gasteiger partial charge in [0.1, 0.15) is 5.82 Å². The minimum atomic E-state index is -2.94. The summed E-state index contributed by atoms with van der Waals surface area (Å²) in [5.41, 5.74) is 0. The van der Waals surface area contributed by atoms with Crippen LogP contribution >= 0.6 is 0 Å². The number of nitrogens with one attached hydrogen (secondary N) is 1. The van der Waals surface area contributed by atoms with E-state index in [1.165, 1.54) is 6.92 Å². The van der Waals surface area contributed by atoms with Gasteiger partial charge in [-0.25, -0.2) is 13.2 Å². The molecule has 0 aromatic heterocycles. The maximum atomic E-state index is 12.9. The van der Waals surface area contributed by atoms with Gasteiger partial charge in [0.05, 0.1) is 12.1 Å². The molecule has 2 aliphatic rings. The number of alkyl halides is 4. The molecule has 0 spiro atoms. The average Bonchev–Trinajstić information content (AvgIpc) is 2.67. The van der Waals surface area contributed by atoms with Gasteiger partial charge in [0.15, 0.2) is 11.5 Å². The highest BCUT2D eigenvalue weighted by molar-refractivity contribution is 5.46. The summed E-state index contributed by atoms with van der Waals surface area (Å²) in [5.74, 6) is -0.607. The first-order valence-electron chi connectivity index (χ1n) is 9.93. The predicted molar refractivity (Wildman–Crippen MR) is 101 cm³/mol. The monoisotopic (exact) mass is 438 g/mol. The van der Waals surface area contributed by atoms with Crippen LogP contribution in [0.2, 0.25) is 0 Å². The van der Waals surface area contributed by atoms with Crippen molar-refractivity contribution < 1.29 is 36.2 Å². The molecule has 1 atom stereocenters. The molecule has 1 aromatic carbocycles. The Bertz CT molecular complexity index is 653. The number of carbonyl (C=O) groups is 1. The Balaban J connectivity index is 0.000000216. The quantitative estimate of drug-likeness (QED) is 0.488. The Morgan fingerprint density at radius 2 is 1.77 bits per heavy atom. The molecule has 30 heavy (non-hydrogen) atoms. The van der Waals surface area contributed by atoms with E-state index in [9.17, 15) is 26.7 Å². The normalized spacial score (nSPS) is 18.9. The first-order chi connectivity index (χ1) is 14.3. The number of hydrogen-bond donors (Lipinski definition) is 1. The fourth-order valence-electron chi connectivity index (χ4n) is 3.16. The molecule has 1 saturated heterocycles. The van der Waals surface area contributed by atoms with Crippen molar-refractivity contribution in [2.75, 3.05) is 13.1 Å². The maximum Gasteiger partial charge on any atom is 0.387 e. The van der Waals surface area contributed by atoms with E-state index >= 15 is 0 Å². The highest BCUT2D eigenvalue weighted by Crippen LogP contribution is 2.33. The SMILES string of the molecule is CC(C(F)F)N1CCC(NC=O)CC1.Fc1ccc(OC(F)F)c(OC2CCC2)c1. The lowest BCUT2D eigenvalue weighted by molar-refractivity contribution is -0.110. The van der Waals surface area contributed by atoms with Crippen LogP contribution in [0.4, 0.5) is 22.0 Å². The minimum absolute atomic E-state index is 0.0122. The lowest BCUT2D eigenvalue weighted by atomic mass is 9.96. The van der Waals surface area contributed by atoms with Crippen molar-refractivity contribution in [2.45, 2.75) is 70.3 Å². The summed E-state index contributed by atoms with van der Waals surface area (Å²) in [6.07, 6.45) is 2.68. The molecule has 0 bridgehead atoms. The molecule has 1 aliphatic carbocycles. The highest BCUT2D eigenvalue weighted by Gasteiger charge is 2.27. The third-order valence-electron chi connectivity index (χ3n) is 5.24. The van der Waals surface area contributed by atoms with Crippen molar-refractivity contribution in [3.05, 3.63) is 24.0 Å². The molecule has 2 fully saturated rings. The zero-order valence-electron chi connectivity index (χ0n) is 16.7. The Morgan fingerprint density at radius 1 is 1.10 bits per heavy atom. The van der Waals surface area contributed by atoms with Gasteiger partial charge in [-0.2, -0.15) is 8.78 Å². The van der Waals surface area contributed by atoms with Crippen LogP contribution in [0.15, 0.2) is 18.2 Å². The van der Waals surface area contributed by atoms with Crippen LogP contribution in [0, 0.1) is 5.82 Å². The van der Waals surface area contributed by atoms with Crippen LogP contribution in [0.25, 0.3) is 0 Å². The number of ether oxygens (including phenoxy) is 2. The van der Waals surface area contributed by atoms with Gasteiger partial charge in [0.25, 0.3) is 6.43 Å². The average molecular weight is 438 g/mol. The predicted octanol–water partition coefficient (Wildman–Crippen LogP) is 4.21. The maximum absolute atomic E-state index is 12.9. The van der Waals surface area contributed by atoms with E-state index in [0.717, 1.165) is 50.3 Å². The molecule has 1 aliphatic heterocycles. The highest BCUT2D eigenvalue weighted by atomic mass is 19.3. The molecule has 10 heteroatoms. The van der Waals surface area contributed by atoms with Crippen LogP contribution in [0.5, 0.6) is 11.5 Å². The Hall–Kier alpha value is -2.10. The molecule has 1 heterocycles. The Kier molecular flexibility index (Phi) is 9.61. The second-order valence-corrected chi connectivity index (χ2v) is 7.31. The second-order valence-electron chi connectivity index (χ2n) is 7.31. The summed E-state index contributed by atoms with van der Waals surface area (Å²) >= 11 is 0. The number of carbonyl (C=O) groups excluding carboxylic acids is 1. The summed E-state index contributed by atoms with van der Waals surface area (Å²) in [4.78, 5) is 11.9. The van der Waals surface area contributed by atoms with Crippen molar-refractivity contribution in [3.63, 3.8) is 0 Å². The molecule has 1 N–H and O–H groups in total. The largest absolute Gasteiger partial charge is 0.486 e. The first-order valence-corrected chi connectivity index (χ1v) is 9.93. The van der Waals surface area contributed by atoms with E-state index in [0.29, 0.717) is 19.5 Å². The molecule has 1 aromatic rings. The summed E-state index contributed by atoms with van der Waals surface area (Å²) in [5, 5.41) is 2.68. The van der Waals surface area contributed by atoms with E-state index in [-0.39, 0.29) is 23.6 Å². The van der Waals surface area contributed by atoms with Crippen molar-refractivity contribution in [3.8, 4) is 11.5 Å². The van der Waals surface area contributed by atoms with Gasteiger partial charge in [-0.15, -0.1) is 0 Å². The van der Waals surface area contributed by atoms with Gasteiger partial charge in [-0.05, 0) is 51.2 Å². The standard InChI is InChI=1S/C11H11F3O2.C9H16F2N2O/c12-7-4-5-9(16-11(13)14)10(6-7)15-8-2-1-3-8;1-7(9(10)11)13-4-2-8(3-5-13)12-6-14/h4-6,8,11H,1-3H2;6-9H,2-5H2,1H3,(H,12,14). The zero-order chi connectivity index (χ0) is 22.1. The number of rotatable bonds is 8. The molecule has 3 rings (SSSR count). The van der Waals surface area contributed by atoms with Crippen LogP contribution < -0.4 is 14.8 Å². The smallest absolute Gasteiger partial charge is 0.387 e. The van der Waals surface area contributed by atoms with Gasteiger partial charge >= 0.3 is 6.61 Å². The van der Waals surface area contributed by atoms with E-state index in [1.54, 1.807) is 4.90 Å². The lowest BCUT2D eigenvalue weighted by Crippen LogP contribution is -2.47. The van der Waals surface area contributed by atoms with E-state index < -0.39 is 24.9 Å². The van der Waals surface area contributed by atoms with E-state index in [2.05, 4.69) is 10.1 Å². The third-order valence-corrected chi connectivity index (χ3v) is 5.24. The number of hydrogen-bond acceptors (Lipinski definition) is 4. The zero-order valence-corrected chi connectivity index (χ0v) is 16.7. The lowest BCUT2D eigenvalue weighted by Gasteiger charge is -2.35. The summed E-state index contributed by atoms with van der Waals surface area (Å²) in [6.45, 7) is -0.124. The first kappa shape index (κ1) is 24.2. The summed E-state index contributed by atoms with van der Waals surface area (Å²) < 4.78 is 71.4. The number of amides is 1. The van der Waals surface area contributed by atoms with Crippen LogP contribution in [0.3, 0.4) is 0 Å². The van der Waals surface area contributed by atoms with Gasteiger partial charge in [-0.3, -0.25) is 9.69 Å². The van der Waals surface area contributed by atoms with Crippen molar-refractivity contribution in [2.24, 2.45) is 0 Å². The number of benzene rings is 1. The molecule has 1 saturated carbocycles. The molecule has 1 amide bonds. The molecular formula is C20H27F5N2O3. The van der Waals surface area contributed by atoms with Crippen LogP contribution in [-0.4, -0.2) is 55.6 Å². The number of halogens is 5. The van der Waals surface area contributed by atoms with Crippen molar-refractivity contribution in [1.29, 1.82) is 0 Å². The number of likely N-dealkylation sites (tertiary alicyclic amines) is 1. The second kappa shape index (κ2) is 11.9. The molecule has 1 unspecified atom stereocenters. The Labute approximate surface area is 172 Å². The number of piperidine rings is 1. The van der Waals surface area contributed by atoms with E-state index in [4.69, 9.17) is 4.74 Å². The van der Waals surface area contributed by atoms with Crippen molar-refractivity contribution in [1.82, 2.24) is 10.2 Å². The Morgan fingerprint density at radius 3 is 2.27 bits per heavy atom. The third kappa shape index (κ3) is 7.62. The molecule has 5 nitrogen and oxygen atoms in total. The summed E-state index contributed by atoms with van der Waals surface area (Å²) in [6, 6.07) is 2.76. The van der Waals surface area contributed by atoms with Gasteiger partial charge in [0.2, 0.25) is 6.41 Å². The van der Waals surface area contributed by atoms with Gasteiger partial charge in [-0.1, -0.05) is 0 Å². The van der Waals surface area contributed by atoms with Crippen molar-refractivity contribution >= 4 is 6.41 Å². The van der Waals surface area contributed by atoms with E-state index in [1.807, 2.05) is 0 Å². The minimum Gasteiger partial charge on any atom is -0.486 e. The summed E-state index contributed by atoms with van der Waals surface area (Å²) in [7, 11) is 0. The van der Waals surface area contributed by atoms with Crippen LogP contribution in [0.1, 0.15) is 39.0 Å². The fourth-order valence-corrected chi connectivity index (χ4v) is 3.16.